The Morgan fingerprint density at radius 3 is 2.29 bits per heavy atom. The van der Waals surface area contributed by atoms with E-state index in [2.05, 4.69) is 10.3 Å². The lowest BCUT2D eigenvalue weighted by Gasteiger charge is -2.18. The third kappa shape index (κ3) is 6.16. The zero-order chi connectivity index (χ0) is 21.5. The Morgan fingerprint density at radius 2 is 1.68 bits per heavy atom. The Bertz CT molecular complexity index is 1090. The number of anilines is 1. The highest BCUT2D eigenvalue weighted by molar-refractivity contribution is 6.28. The van der Waals surface area contributed by atoms with Crippen molar-refractivity contribution in [3.63, 3.8) is 0 Å². The average Bonchev–Trinajstić information content (AvgIpc) is 2.77. The number of hydrogen-bond acceptors (Lipinski definition) is 5. The van der Waals surface area contributed by atoms with Crippen molar-refractivity contribution in [3.8, 4) is 11.4 Å². The standard InChI is InChI=1S/C22H21ClN4O3.ClH/c23-12-19(28)18(11-15-7-3-1-4-8-15)26-20(29)14-27-21(16-9-5-2-6-10-16)25-13-17(24)22(27)30;/h1-10,13,18H,11-12,14,24H2,(H,26,29);1H. The second-order valence-electron chi connectivity index (χ2n) is 6.70. The molecule has 0 fully saturated rings. The molecule has 3 aromatic rings. The summed E-state index contributed by atoms with van der Waals surface area (Å²) in [5.74, 6) is -0.739. The Labute approximate surface area is 190 Å². The smallest absolute Gasteiger partial charge is 0.277 e. The molecule has 2 aromatic carbocycles. The molecule has 0 spiro atoms. The molecule has 0 aliphatic carbocycles. The maximum Gasteiger partial charge on any atom is 0.277 e. The SMILES string of the molecule is Cl.Nc1cnc(-c2ccccc2)n(CC(=O)NC(Cc2ccccc2)C(=O)CCl)c1=O. The van der Waals surface area contributed by atoms with Gasteiger partial charge in [-0.05, 0) is 12.0 Å². The number of Topliss-reactive ketones (excluding diaryl/α,β-unsaturated/α-hetero) is 1. The molecule has 0 aliphatic rings. The van der Waals surface area contributed by atoms with Gasteiger partial charge >= 0.3 is 0 Å². The molecule has 1 atom stereocenters. The Balaban J connectivity index is 0.00000341. The molecule has 3 rings (SSSR count). The number of nitrogen functional groups attached to an aromatic ring is 1. The first-order valence-electron chi connectivity index (χ1n) is 9.32. The number of carbonyl (C=O) groups is 2. The Kier molecular flexibility index (Phi) is 8.78. The van der Waals surface area contributed by atoms with Crippen molar-refractivity contribution < 1.29 is 9.59 Å². The highest BCUT2D eigenvalue weighted by atomic mass is 35.5. The molecule has 1 heterocycles. The van der Waals surface area contributed by atoms with Crippen LogP contribution in [0.4, 0.5) is 5.69 Å². The second-order valence-corrected chi connectivity index (χ2v) is 6.97. The Morgan fingerprint density at radius 1 is 1.06 bits per heavy atom. The van der Waals surface area contributed by atoms with Crippen LogP contribution in [0.3, 0.4) is 0 Å². The molecule has 1 unspecified atom stereocenters. The average molecular weight is 461 g/mol. The molecular weight excluding hydrogens is 439 g/mol. The van der Waals surface area contributed by atoms with E-state index in [9.17, 15) is 14.4 Å². The van der Waals surface area contributed by atoms with Crippen LogP contribution in [0.5, 0.6) is 0 Å². The van der Waals surface area contributed by atoms with Crippen molar-refractivity contribution in [2.24, 2.45) is 0 Å². The maximum absolute atomic E-state index is 12.7. The first-order valence-corrected chi connectivity index (χ1v) is 9.85. The van der Waals surface area contributed by atoms with E-state index in [0.717, 1.165) is 5.56 Å². The fraction of sp³-hybridized carbons (Fsp3) is 0.182. The second kappa shape index (κ2) is 11.3. The lowest BCUT2D eigenvalue weighted by molar-refractivity contribution is -0.127. The molecule has 0 bridgehead atoms. The number of carbonyl (C=O) groups excluding carboxylic acids is 2. The van der Waals surface area contributed by atoms with Gasteiger partial charge in [0, 0.05) is 5.56 Å². The fourth-order valence-electron chi connectivity index (χ4n) is 3.04. The van der Waals surface area contributed by atoms with Gasteiger partial charge in [0.05, 0.1) is 18.1 Å². The summed E-state index contributed by atoms with van der Waals surface area (Å²) in [5, 5.41) is 2.69. The van der Waals surface area contributed by atoms with E-state index in [1.165, 1.54) is 10.8 Å². The van der Waals surface area contributed by atoms with Gasteiger partial charge < -0.3 is 11.1 Å². The summed E-state index contributed by atoms with van der Waals surface area (Å²) in [6.45, 7) is -0.331. The van der Waals surface area contributed by atoms with Crippen LogP contribution in [0.25, 0.3) is 11.4 Å². The monoisotopic (exact) mass is 460 g/mol. The minimum atomic E-state index is -0.803. The largest absolute Gasteiger partial charge is 0.393 e. The highest BCUT2D eigenvalue weighted by Gasteiger charge is 2.22. The van der Waals surface area contributed by atoms with Gasteiger partial charge in [-0.25, -0.2) is 4.98 Å². The number of amides is 1. The van der Waals surface area contributed by atoms with Crippen molar-refractivity contribution in [1.29, 1.82) is 0 Å². The van der Waals surface area contributed by atoms with E-state index in [-0.39, 0.29) is 36.3 Å². The molecule has 0 saturated heterocycles. The first kappa shape index (κ1) is 24.1. The molecule has 162 valence electrons. The molecule has 0 saturated carbocycles. The number of benzene rings is 2. The van der Waals surface area contributed by atoms with E-state index < -0.39 is 17.5 Å². The first-order chi connectivity index (χ1) is 14.5. The zero-order valence-electron chi connectivity index (χ0n) is 16.5. The quantitative estimate of drug-likeness (QED) is 0.502. The summed E-state index contributed by atoms with van der Waals surface area (Å²) in [7, 11) is 0. The van der Waals surface area contributed by atoms with Gasteiger partial charge in [-0.1, -0.05) is 60.7 Å². The van der Waals surface area contributed by atoms with E-state index in [0.29, 0.717) is 17.8 Å². The molecule has 0 radical (unpaired) electrons. The molecule has 31 heavy (non-hydrogen) atoms. The van der Waals surface area contributed by atoms with Crippen LogP contribution in [0.2, 0.25) is 0 Å². The number of ketones is 1. The van der Waals surface area contributed by atoms with Crippen molar-refractivity contribution in [1.82, 2.24) is 14.9 Å². The van der Waals surface area contributed by atoms with E-state index in [4.69, 9.17) is 17.3 Å². The van der Waals surface area contributed by atoms with Gasteiger partial charge in [0.2, 0.25) is 5.91 Å². The van der Waals surface area contributed by atoms with Crippen LogP contribution >= 0.6 is 24.0 Å². The van der Waals surface area contributed by atoms with Crippen LogP contribution in [0.1, 0.15) is 5.56 Å². The summed E-state index contributed by atoms with van der Waals surface area (Å²) in [6.07, 6.45) is 1.57. The van der Waals surface area contributed by atoms with Crippen LogP contribution in [0, 0.1) is 0 Å². The van der Waals surface area contributed by atoms with Crippen LogP contribution in [-0.2, 0) is 22.6 Å². The van der Waals surface area contributed by atoms with E-state index in [1.54, 1.807) is 24.3 Å². The van der Waals surface area contributed by atoms with Crippen LogP contribution in [0.15, 0.2) is 71.7 Å². The Hall–Kier alpha value is -3.16. The van der Waals surface area contributed by atoms with E-state index in [1.807, 2.05) is 36.4 Å². The van der Waals surface area contributed by atoms with Gasteiger partial charge in [-0.3, -0.25) is 19.0 Å². The number of hydrogen-bond donors (Lipinski definition) is 2. The van der Waals surface area contributed by atoms with Crippen LogP contribution in [-0.4, -0.2) is 33.2 Å². The number of nitrogens with one attached hydrogen (secondary N) is 1. The minimum Gasteiger partial charge on any atom is -0.393 e. The number of aromatic nitrogens is 2. The molecule has 3 N–H and O–H groups in total. The lowest BCUT2D eigenvalue weighted by Crippen LogP contribution is -2.45. The topological polar surface area (TPSA) is 107 Å². The molecule has 1 aromatic heterocycles. The van der Waals surface area contributed by atoms with Gasteiger partial charge in [0.25, 0.3) is 5.56 Å². The zero-order valence-corrected chi connectivity index (χ0v) is 18.1. The summed E-state index contributed by atoms with van der Waals surface area (Å²) in [5.41, 5.74) is 6.67. The molecule has 9 heteroatoms. The third-order valence-corrected chi connectivity index (χ3v) is 4.81. The number of nitrogens with zero attached hydrogens (tertiary/aromatic N) is 2. The number of alkyl halides is 1. The lowest BCUT2D eigenvalue weighted by atomic mass is 10.0. The van der Waals surface area contributed by atoms with Gasteiger partial charge in [-0.2, -0.15) is 0 Å². The van der Waals surface area contributed by atoms with Crippen molar-refractivity contribution >= 4 is 41.4 Å². The minimum absolute atomic E-state index is 0. The van der Waals surface area contributed by atoms with Crippen molar-refractivity contribution in [3.05, 3.63) is 82.8 Å². The predicted octanol–water partition coefficient (Wildman–Crippen LogP) is 2.45. The number of halogens is 2. The summed E-state index contributed by atoms with van der Waals surface area (Å²) >= 11 is 5.73. The van der Waals surface area contributed by atoms with Crippen molar-refractivity contribution in [2.45, 2.75) is 19.0 Å². The highest BCUT2D eigenvalue weighted by Crippen LogP contribution is 2.15. The summed E-state index contributed by atoms with van der Waals surface area (Å²) < 4.78 is 1.20. The summed E-state index contributed by atoms with van der Waals surface area (Å²) in [6, 6.07) is 17.5. The summed E-state index contributed by atoms with van der Waals surface area (Å²) in [4.78, 5) is 41.8. The van der Waals surface area contributed by atoms with Gasteiger partial charge in [0.15, 0.2) is 5.78 Å². The predicted molar refractivity (Wildman–Crippen MR) is 123 cm³/mol. The third-order valence-electron chi connectivity index (χ3n) is 4.55. The van der Waals surface area contributed by atoms with Crippen LogP contribution < -0.4 is 16.6 Å². The van der Waals surface area contributed by atoms with Gasteiger partial charge in [0.1, 0.15) is 18.1 Å². The molecule has 0 aliphatic heterocycles. The molecule has 7 nitrogen and oxygen atoms in total. The van der Waals surface area contributed by atoms with E-state index >= 15 is 0 Å². The molecular formula is C22H22Cl2N4O3. The number of rotatable bonds is 8. The van der Waals surface area contributed by atoms with Gasteiger partial charge in [-0.15, -0.1) is 24.0 Å². The number of nitrogens with two attached hydrogens (primary N) is 1. The fourth-order valence-corrected chi connectivity index (χ4v) is 3.23. The molecule has 1 amide bonds. The maximum atomic E-state index is 12.7. The normalized spacial score (nSPS) is 11.3. The van der Waals surface area contributed by atoms with Crippen molar-refractivity contribution in [2.75, 3.05) is 11.6 Å².